The molecule has 76 heavy (non-hydrogen) atoms. The fourth-order valence-electron chi connectivity index (χ4n) is 11.0. The molecule has 3 N–H and O–H groups in total. The Morgan fingerprint density at radius 3 is 0.882 bits per heavy atom. The molecule has 1 amide bonds. The van der Waals surface area contributed by atoms with Gasteiger partial charge in [-0.25, -0.2) is 4.57 Å². The van der Waals surface area contributed by atoms with Crippen LogP contribution in [0.3, 0.4) is 0 Å². The van der Waals surface area contributed by atoms with Crippen LogP contribution < -0.4 is 5.32 Å². The summed E-state index contributed by atoms with van der Waals surface area (Å²) in [6.45, 7) is 4.97. The number of phosphoric ester groups is 1. The summed E-state index contributed by atoms with van der Waals surface area (Å²) in [6, 6.07) is -0.757. The Bertz CT molecular complexity index is 1200. The van der Waals surface area contributed by atoms with Crippen molar-refractivity contribution < 1.29 is 32.9 Å². The van der Waals surface area contributed by atoms with Gasteiger partial charge in [0.1, 0.15) is 13.2 Å². The Labute approximate surface area is 476 Å². The number of rotatable bonds is 65. The zero-order valence-electron chi connectivity index (χ0n) is 52.3. The molecule has 0 saturated heterocycles. The lowest BCUT2D eigenvalue weighted by atomic mass is 10.0. The van der Waals surface area contributed by atoms with Gasteiger partial charge >= 0.3 is 7.82 Å². The lowest BCUT2D eigenvalue weighted by Gasteiger charge is -2.26. The van der Waals surface area contributed by atoms with Crippen LogP contribution in [0.1, 0.15) is 373 Å². The lowest BCUT2D eigenvalue weighted by Crippen LogP contribution is -2.46. The summed E-state index contributed by atoms with van der Waals surface area (Å²) >= 11 is 0. The highest BCUT2D eigenvalue weighted by molar-refractivity contribution is 7.47. The summed E-state index contributed by atoms with van der Waals surface area (Å²) in [5.74, 6) is -0.133. The average Bonchev–Trinajstić information content (AvgIpc) is 3.38. The smallest absolute Gasteiger partial charge is 0.391 e. The van der Waals surface area contributed by atoms with E-state index in [0.717, 1.165) is 38.5 Å². The first kappa shape index (κ1) is 75.5. The van der Waals surface area contributed by atoms with Crippen molar-refractivity contribution >= 4 is 13.7 Å². The number of amides is 1. The third kappa shape index (κ3) is 61.1. The zero-order valence-corrected chi connectivity index (χ0v) is 53.2. The molecule has 3 unspecified atom stereocenters. The van der Waals surface area contributed by atoms with Crippen molar-refractivity contribution in [3.63, 3.8) is 0 Å². The number of aliphatic hydroxyl groups excluding tert-OH is 1. The van der Waals surface area contributed by atoms with E-state index in [0.29, 0.717) is 23.9 Å². The Morgan fingerprint density at radius 2 is 0.632 bits per heavy atom. The number of unbranched alkanes of at least 4 members (excludes halogenated alkanes) is 52. The molecule has 0 aliphatic carbocycles. The molecule has 9 heteroatoms. The van der Waals surface area contributed by atoms with Gasteiger partial charge in [-0.2, -0.15) is 0 Å². The predicted octanol–water partition coefficient (Wildman–Crippen LogP) is 21.6. The van der Waals surface area contributed by atoms with Gasteiger partial charge in [-0.05, 0) is 12.8 Å². The van der Waals surface area contributed by atoms with Crippen molar-refractivity contribution in [3.05, 3.63) is 0 Å². The van der Waals surface area contributed by atoms with Crippen molar-refractivity contribution in [2.45, 2.75) is 386 Å². The topological polar surface area (TPSA) is 105 Å². The van der Waals surface area contributed by atoms with E-state index >= 15 is 0 Å². The van der Waals surface area contributed by atoms with Crippen LogP contribution in [0.15, 0.2) is 0 Å². The van der Waals surface area contributed by atoms with Gasteiger partial charge in [0.15, 0.2) is 0 Å². The van der Waals surface area contributed by atoms with Gasteiger partial charge in [-0.3, -0.25) is 13.8 Å². The van der Waals surface area contributed by atoms with E-state index in [-0.39, 0.29) is 19.1 Å². The highest BCUT2D eigenvalue weighted by atomic mass is 31.2. The number of likely N-dealkylation sites (N-methyl/N-ethyl adjacent to an activating group) is 1. The van der Waals surface area contributed by atoms with Crippen LogP contribution in [-0.2, 0) is 18.4 Å². The maximum atomic E-state index is 13.1. The molecule has 8 nitrogen and oxygen atoms in total. The average molecular weight is 1100 g/mol. The van der Waals surface area contributed by atoms with Crippen molar-refractivity contribution in [1.29, 1.82) is 0 Å². The monoisotopic (exact) mass is 1100 g/mol. The summed E-state index contributed by atoms with van der Waals surface area (Å²) in [5, 5.41) is 14.1. The number of carbonyl (C=O) groups excluding carboxylic acids is 1. The largest absolute Gasteiger partial charge is 0.472 e. The van der Waals surface area contributed by atoms with Crippen LogP contribution >= 0.6 is 7.82 Å². The summed E-state index contributed by atoms with van der Waals surface area (Å²) < 4.78 is 23.9. The normalized spacial score (nSPS) is 13.6. The first-order valence-corrected chi connectivity index (χ1v) is 35.9. The second kappa shape index (κ2) is 59.1. The third-order valence-corrected chi connectivity index (χ3v) is 17.3. The van der Waals surface area contributed by atoms with E-state index in [1.165, 1.54) is 308 Å². The van der Waals surface area contributed by atoms with Gasteiger partial charge in [0, 0.05) is 6.42 Å². The molecule has 0 spiro atoms. The maximum Gasteiger partial charge on any atom is 0.472 e. The minimum absolute atomic E-state index is 0.0795. The van der Waals surface area contributed by atoms with E-state index in [1.807, 2.05) is 21.1 Å². The number of nitrogens with zero attached hydrogens (tertiary/aromatic N) is 1. The number of hydrogen-bond donors (Lipinski definition) is 3. The van der Waals surface area contributed by atoms with Crippen molar-refractivity contribution in [1.82, 2.24) is 5.32 Å². The fraction of sp³-hybridized carbons (Fsp3) is 0.985. The Morgan fingerprint density at radius 1 is 0.395 bits per heavy atom. The van der Waals surface area contributed by atoms with E-state index in [9.17, 15) is 19.4 Å². The summed E-state index contributed by atoms with van der Waals surface area (Å²) in [4.78, 5) is 23.4. The first-order valence-electron chi connectivity index (χ1n) is 34.4. The number of nitrogens with one attached hydrogen (secondary N) is 1. The second-order valence-electron chi connectivity index (χ2n) is 25.3. The summed E-state index contributed by atoms with van der Waals surface area (Å²) in [5.41, 5.74) is 0. The van der Waals surface area contributed by atoms with Crippen molar-refractivity contribution in [2.75, 3.05) is 40.9 Å². The summed E-state index contributed by atoms with van der Waals surface area (Å²) in [7, 11) is 1.64. The molecule has 0 saturated carbocycles. The molecular formula is C67H138N2O6P+. The maximum absolute atomic E-state index is 13.1. The van der Waals surface area contributed by atoms with Crippen LogP contribution in [0.4, 0.5) is 0 Å². The minimum Gasteiger partial charge on any atom is -0.391 e. The van der Waals surface area contributed by atoms with Crippen LogP contribution in [-0.4, -0.2) is 73.4 Å². The van der Waals surface area contributed by atoms with E-state index < -0.39 is 20.0 Å². The van der Waals surface area contributed by atoms with E-state index in [2.05, 4.69) is 19.2 Å². The van der Waals surface area contributed by atoms with Gasteiger partial charge in [0.25, 0.3) is 0 Å². The summed E-state index contributed by atoms with van der Waals surface area (Å²) in [6.07, 6.45) is 73.4. The Balaban J connectivity index is 4.00. The quantitative estimate of drug-likeness (QED) is 0.0318. The van der Waals surface area contributed by atoms with Crippen LogP contribution in [0.2, 0.25) is 0 Å². The standard InChI is InChI=1S/C67H137N2O6P/c1-6-8-10-12-14-16-18-20-22-24-26-28-30-32-34-35-37-39-41-43-45-47-49-51-53-55-57-59-61-67(71)68-65(64-75-76(72,73)74-63-62-69(3,4)5)66(70)60-58-56-54-52-50-48-46-44-42-40-38-36-33-31-29-27-25-23-21-19-17-15-13-11-9-7-2/h65-66,70H,6-64H2,1-5H3,(H-,68,71,72,73)/p+1. The molecule has 0 rings (SSSR count). The SMILES string of the molecule is CCCCCCCCCCCCCCCCCCCCCCCCCCCCCCC(=O)NC(COP(=O)(O)OCC[N+](C)(C)C)C(O)CCCCCCCCCCCCCCCCCCCCCCCCCCCC. The van der Waals surface area contributed by atoms with Gasteiger partial charge in [-0.1, -0.05) is 354 Å². The zero-order chi connectivity index (χ0) is 55.6. The molecule has 0 aliphatic rings. The van der Waals surface area contributed by atoms with Gasteiger partial charge in [-0.15, -0.1) is 0 Å². The molecule has 0 bridgehead atoms. The molecular weight excluding hydrogens is 960 g/mol. The molecule has 0 radical (unpaired) electrons. The van der Waals surface area contributed by atoms with Gasteiger partial charge in [0.05, 0.1) is 39.9 Å². The van der Waals surface area contributed by atoms with Crippen molar-refractivity contribution in [3.8, 4) is 0 Å². The fourth-order valence-corrected chi connectivity index (χ4v) is 11.7. The number of aliphatic hydroxyl groups is 1. The van der Waals surface area contributed by atoms with Gasteiger partial charge < -0.3 is 19.8 Å². The molecule has 0 heterocycles. The molecule has 0 aromatic rings. The Hall–Kier alpha value is -0.500. The minimum atomic E-state index is -4.32. The predicted molar refractivity (Wildman–Crippen MR) is 332 cm³/mol. The van der Waals surface area contributed by atoms with Crippen molar-refractivity contribution in [2.24, 2.45) is 0 Å². The molecule has 0 aliphatic heterocycles. The Kier molecular flexibility index (Phi) is 58.7. The lowest BCUT2D eigenvalue weighted by molar-refractivity contribution is -0.870. The number of hydrogen-bond acceptors (Lipinski definition) is 5. The van der Waals surface area contributed by atoms with E-state index in [4.69, 9.17) is 9.05 Å². The van der Waals surface area contributed by atoms with Gasteiger partial charge in [0.2, 0.25) is 5.91 Å². The number of phosphoric acid groups is 1. The van der Waals surface area contributed by atoms with Crippen LogP contribution in [0.25, 0.3) is 0 Å². The van der Waals surface area contributed by atoms with E-state index in [1.54, 1.807) is 0 Å². The molecule has 456 valence electrons. The number of quaternary nitrogens is 1. The number of carbonyl (C=O) groups is 1. The first-order chi connectivity index (χ1) is 37.0. The molecule has 0 aromatic heterocycles. The molecule has 0 fully saturated rings. The highest BCUT2D eigenvalue weighted by Crippen LogP contribution is 2.43. The second-order valence-corrected chi connectivity index (χ2v) is 26.7. The van der Waals surface area contributed by atoms with Crippen LogP contribution in [0.5, 0.6) is 0 Å². The van der Waals surface area contributed by atoms with Crippen LogP contribution in [0, 0.1) is 0 Å². The molecule has 3 atom stereocenters. The highest BCUT2D eigenvalue weighted by Gasteiger charge is 2.28. The molecule has 0 aromatic carbocycles. The third-order valence-electron chi connectivity index (χ3n) is 16.4.